The topological polar surface area (TPSA) is 123 Å². The maximum absolute atomic E-state index is 13.0. The van der Waals surface area contributed by atoms with Gasteiger partial charge in [0, 0.05) is 33.5 Å². The van der Waals surface area contributed by atoms with Crippen molar-refractivity contribution in [2.24, 2.45) is 0 Å². The van der Waals surface area contributed by atoms with E-state index in [4.69, 9.17) is 9.47 Å². The van der Waals surface area contributed by atoms with Crippen LogP contribution in [0.4, 0.5) is 0 Å². The second kappa shape index (κ2) is 8.14. The number of carbonyl (C=O) groups is 3. The summed E-state index contributed by atoms with van der Waals surface area (Å²) in [7, 11) is 2.67. The summed E-state index contributed by atoms with van der Waals surface area (Å²) in [6.45, 7) is 0. The van der Waals surface area contributed by atoms with Crippen LogP contribution in [0.1, 0.15) is 33.8 Å². The summed E-state index contributed by atoms with van der Waals surface area (Å²) in [5.74, 6) is -3.60. The van der Waals surface area contributed by atoms with Crippen molar-refractivity contribution in [1.29, 1.82) is 0 Å². The number of rotatable bonds is 5. The van der Waals surface area contributed by atoms with Gasteiger partial charge in [0.25, 0.3) is 5.56 Å². The Hall–Kier alpha value is -4.20. The molecule has 32 heavy (non-hydrogen) atoms. The molecular weight excluding hydrogens is 414 g/mol. The second-order valence-electron chi connectivity index (χ2n) is 7.31. The van der Waals surface area contributed by atoms with Gasteiger partial charge in [-0.05, 0) is 24.3 Å². The molecule has 1 aliphatic rings. The predicted octanol–water partition coefficient (Wildman–Crippen LogP) is 2.92. The van der Waals surface area contributed by atoms with E-state index in [0.717, 1.165) is 0 Å². The van der Waals surface area contributed by atoms with Crippen molar-refractivity contribution in [3.63, 3.8) is 0 Å². The number of H-pyrrole nitrogens is 1. The van der Waals surface area contributed by atoms with Gasteiger partial charge in [-0.3, -0.25) is 19.2 Å². The number of aliphatic hydroxyl groups excluding tert-OH is 1. The standard InChI is InChI=1S/C24H19NO7/c1-31-13-7-8-18-12(9-13)10-17(24(30)25-18)16(11-19(26)32-2)20-21(27)14-5-3-4-6-15(14)22(28)23(20)29/h3-10,16,27H,11H2,1-2H3,(H,25,30). The smallest absolute Gasteiger partial charge is 0.306 e. The first kappa shape index (κ1) is 21.0. The summed E-state index contributed by atoms with van der Waals surface area (Å²) in [5, 5.41) is 11.5. The number of ether oxygens (including phenoxy) is 2. The number of aromatic nitrogens is 1. The van der Waals surface area contributed by atoms with E-state index in [1.54, 1.807) is 30.3 Å². The van der Waals surface area contributed by atoms with Crippen LogP contribution in [0, 0.1) is 0 Å². The van der Waals surface area contributed by atoms with E-state index in [0.29, 0.717) is 16.7 Å². The SMILES string of the molecule is COC(=O)CC(C1=C(O)c2ccccc2C(=O)C1=O)c1cc2cc(OC)ccc2[nH]c1=O. The summed E-state index contributed by atoms with van der Waals surface area (Å²) >= 11 is 0. The average molecular weight is 433 g/mol. The van der Waals surface area contributed by atoms with Crippen LogP contribution in [0.25, 0.3) is 16.7 Å². The number of aromatic amines is 1. The zero-order chi connectivity index (χ0) is 23.0. The highest BCUT2D eigenvalue weighted by Gasteiger charge is 2.39. The van der Waals surface area contributed by atoms with Gasteiger partial charge in [-0.25, -0.2) is 0 Å². The van der Waals surface area contributed by atoms with E-state index in [9.17, 15) is 24.3 Å². The molecule has 0 spiro atoms. The Bertz CT molecular complexity index is 1370. The molecule has 0 saturated heterocycles. The van der Waals surface area contributed by atoms with Gasteiger partial charge in [0.2, 0.25) is 11.6 Å². The Morgan fingerprint density at radius 3 is 2.41 bits per heavy atom. The van der Waals surface area contributed by atoms with Gasteiger partial charge in [0.05, 0.1) is 26.2 Å². The Morgan fingerprint density at radius 2 is 1.72 bits per heavy atom. The molecule has 0 fully saturated rings. The Labute approximate surface area is 182 Å². The number of hydrogen-bond acceptors (Lipinski definition) is 7. The van der Waals surface area contributed by atoms with Gasteiger partial charge < -0.3 is 19.6 Å². The molecule has 0 bridgehead atoms. The third-order valence-electron chi connectivity index (χ3n) is 5.54. The van der Waals surface area contributed by atoms with Gasteiger partial charge in [-0.1, -0.05) is 24.3 Å². The molecule has 8 nitrogen and oxygen atoms in total. The summed E-state index contributed by atoms with van der Waals surface area (Å²) < 4.78 is 9.98. The summed E-state index contributed by atoms with van der Waals surface area (Å²) in [5.41, 5.74) is -0.0828. The normalized spacial score (nSPS) is 14.3. The molecule has 1 atom stereocenters. The average Bonchev–Trinajstić information content (AvgIpc) is 2.81. The van der Waals surface area contributed by atoms with E-state index in [2.05, 4.69) is 4.98 Å². The fourth-order valence-electron chi connectivity index (χ4n) is 3.91. The van der Waals surface area contributed by atoms with Crippen molar-refractivity contribution in [3.8, 4) is 5.75 Å². The molecule has 3 aromatic rings. The zero-order valence-corrected chi connectivity index (χ0v) is 17.3. The summed E-state index contributed by atoms with van der Waals surface area (Å²) in [6, 6.07) is 12.7. The predicted molar refractivity (Wildman–Crippen MR) is 116 cm³/mol. The summed E-state index contributed by atoms with van der Waals surface area (Å²) in [4.78, 5) is 53.6. The number of nitrogens with one attached hydrogen (secondary N) is 1. The van der Waals surface area contributed by atoms with Crippen molar-refractivity contribution in [3.05, 3.63) is 81.1 Å². The van der Waals surface area contributed by atoms with Crippen molar-refractivity contribution in [2.75, 3.05) is 14.2 Å². The molecule has 2 N–H and O–H groups in total. The van der Waals surface area contributed by atoms with Crippen molar-refractivity contribution >= 4 is 34.2 Å². The first-order valence-electron chi connectivity index (χ1n) is 9.75. The molecule has 8 heteroatoms. The van der Waals surface area contributed by atoms with Gasteiger partial charge >= 0.3 is 5.97 Å². The lowest BCUT2D eigenvalue weighted by molar-refractivity contribution is -0.140. The summed E-state index contributed by atoms with van der Waals surface area (Å²) in [6.07, 6.45) is -0.421. The van der Waals surface area contributed by atoms with Crippen LogP contribution in [0.3, 0.4) is 0 Å². The van der Waals surface area contributed by atoms with Crippen LogP contribution >= 0.6 is 0 Å². The van der Waals surface area contributed by atoms with Crippen LogP contribution in [-0.4, -0.2) is 41.8 Å². The number of aliphatic hydroxyl groups is 1. The number of esters is 1. The number of ketones is 2. The molecule has 1 unspecified atom stereocenters. The number of Topliss-reactive ketones (excluding diaryl/α,β-unsaturated/α-hetero) is 2. The zero-order valence-electron chi connectivity index (χ0n) is 17.3. The van der Waals surface area contributed by atoms with E-state index in [-0.39, 0.29) is 22.3 Å². The van der Waals surface area contributed by atoms with E-state index in [1.165, 1.54) is 32.4 Å². The highest BCUT2D eigenvalue weighted by molar-refractivity contribution is 6.52. The van der Waals surface area contributed by atoms with Crippen molar-refractivity contribution in [2.45, 2.75) is 12.3 Å². The first-order chi connectivity index (χ1) is 15.3. The minimum Gasteiger partial charge on any atom is -0.507 e. The minimum atomic E-state index is -1.20. The lowest BCUT2D eigenvalue weighted by Crippen LogP contribution is -2.30. The molecule has 1 aliphatic carbocycles. The number of methoxy groups -OCH3 is 2. The third-order valence-corrected chi connectivity index (χ3v) is 5.54. The fraction of sp³-hybridized carbons (Fsp3) is 0.167. The first-order valence-corrected chi connectivity index (χ1v) is 9.75. The molecule has 0 amide bonds. The molecule has 1 aromatic heterocycles. The maximum Gasteiger partial charge on any atom is 0.306 e. The lowest BCUT2D eigenvalue weighted by atomic mass is 9.78. The molecular formula is C24H19NO7. The van der Waals surface area contributed by atoms with Gasteiger partial charge in [0.15, 0.2) is 0 Å². The van der Waals surface area contributed by atoms with Crippen LogP contribution < -0.4 is 10.3 Å². The monoisotopic (exact) mass is 433 g/mol. The van der Waals surface area contributed by atoms with Gasteiger partial charge in [-0.15, -0.1) is 0 Å². The van der Waals surface area contributed by atoms with Gasteiger partial charge in [0.1, 0.15) is 11.5 Å². The molecule has 1 heterocycles. The number of allylic oxidation sites excluding steroid dienone is 1. The number of benzene rings is 2. The number of fused-ring (bicyclic) bond motifs is 2. The van der Waals surface area contributed by atoms with E-state index >= 15 is 0 Å². The number of carbonyl (C=O) groups excluding carboxylic acids is 3. The van der Waals surface area contributed by atoms with Crippen LogP contribution in [-0.2, 0) is 14.3 Å². The van der Waals surface area contributed by atoms with Crippen molar-refractivity contribution in [1.82, 2.24) is 4.98 Å². The van der Waals surface area contributed by atoms with Gasteiger partial charge in [-0.2, -0.15) is 0 Å². The quantitative estimate of drug-likeness (QED) is 0.468. The molecule has 2 aromatic carbocycles. The lowest BCUT2D eigenvalue weighted by Gasteiger charge is -2.24. The second-order valence-corrected chi connectivity index (χ2v) is 7.31. The number of pyridine rings is 1. The Morgan fingerprint density at radius 1 is 1.00 bits per heavy atom. The molecule has 162 valence electrons. The number of hydrogen-bond donors (Lipinski definition) is 2. The highest BCUT2D eigenvalue weighted by atomic mass is 16.5. The molecule has 4 rings (SSSR count). The molecule has 0 radical (unpaired) electrons. The third kappa shape index (κ3) is 3.45. The maximum atomic E-state index is 13.0. The molecule has 0 aliphatic heterocycles. The van der Waals surface area contributed by atoms with E-state index in [1.807, 2.05) is 0 Å². The minimum absolute atomic E-state index is 0.0400. The highest BCUT2D eigenvalue weighted by Crippen LogP contribution is 2.38. The van der Waals surface area contributed by atoms with Crippen LogP contribution in [0.15, 0.2) is 58.9 Å². The van der Waals surface area contributed by atoms with Crippen LogP contribution in [0.2, 0.25) is 0 Å². The largest absolute Gasteiger partial charge is 0.507 e. The molecule has 0 saturated carbocycles. The Balaban J connectivity index is 1.98. The van der Waals surface area contributed by atoms with E-state index < -0.39 is 41.2 Å². The fourth-order valence-corrected chi connectivity index (χ4v) is 3.91. The Kier molecular flexibility index (Phi) is 5.36. The van der Waals surface area contributed by atoms with Crippen molar-refractivity contribution < 1.29 is 29.0 Å². The van der Waals surface area contributed by atoms with Crippen LogP contribution in [0.5, 0.6) is 5.75 Å².